The van der Waals surface area contributed by atoms with Crippen molar-refractivity contribution in [2.75, 3.05) is 0 Å². The smallest absolute Gasteiger partial charge is 0.258 e. The summed E-state index contributed by atoms with van der Waals surface area (Å²) in [6.07, 6.45) is 1.70. The first kappa shape index (κ1) is 15.5. The SMILES string of the molecule is N#CC1(C#N)C(c2ccccc2)=CC(c2ccccc2)C1[N+](=O)[O-]. The molecule has 0 N–H and O–H groups in total. The van der Waals surface area contributed by atoms with Gasteiger partial charge in [-0.3, -0.25) is 10.1 Å². The molecule has 3 rings (SSSR count). The van der Waals surface area contributed by atoms with Crippen LogP contribution in [0.3, 0.4) is 0 Å². The summed E-state index contributed by atoms with van der Waals surface area (Å²) in [5, 5.41) is 31.2. The highest BCUT2D eigenvalue weighted by Crippen LogP contribution is 2.51. The lowest BCUT2D eigenvalue weighted by Gasteiger charge is -2.22. The van der Waals surface area contributed by atoms with Gasteiger partial charge < -0.3 is 0 Å². The summed E-state index contributed by atoms with van der Waals surface area (Å²) < 4.78 is 0. The zero-order valence-corrected chi connectivity index (χ0v) is 12.7. The zero-order valence-electron chi connectivity index (χ0n) is 12.7. The number of hydrogen-bond donors (Lipinski definition) is 0. The molecule has 5 nitrogen and oxygen atoms in total. The number of nitro groups is 1. The predicted octanol–water partition coefficient (Wildman–Crippen LogP) is 3.55. The summed E-state index contributed by atoms with van der Waals surface area (Å²) in [6, 6.07) is 20.4. The number of nitrogens with zero attached hydrogens (tertiary/aromatic N) is 3. The van der Waals surface area contributed by atoms with Crippen molar-refractivity contribution in [3.8, 4) is 12.1 Å². The van der Waals surface area contributed by atoms with Crippen molar-refractivity contribution < 1.29 is 4.92 Å². The molecule has 2 aromatic carbocycles. The average Bonchev–Trinajstić information content (AvgIpc) is 2.99. The Morgan fingerprint density at radius 3 is 2.00 bits per heavy atom. The lowest BCUT2D eigenvalue weighted by Crippen LogP contribution is -2.39. The average molecular weight is 315 g/mol. The van der Waals surface area contributed by atoms with E-state index in [9.17, 15) is 20.6 Å². The lowest BCUT2D eigenvalue weighted by molar-refractivity contribution is -0.532. The van der Waals surface area contributed by atoms with E-state index < -0.39 is 22.3 Å². The molecule has 0 fully saturated rings. The Hall–Kier alpha value is -3.44. The Kier molecular flexibility index (Phi) is 3.85. The maximum absolute atomic E-state index is 11.8. The van der Waals surface area contributed by atoms with Crippen LogP contribution < -0.4 is 0 Å². The van der Waals surface area contributed by atoms with E-state index in [1.54, 1.807) is 54.6 Å². The number of hydrogen-bond acceptors (Lipinski definition) is 4. The van der Waals surface area contributed by atoms with E-state index in [1.807, 2.05) is 24.3 Å². The Morgan fingerprint density at radius 2 is 1.50 bits per heavy atom. The van der Waals surface area contributed by atoms with E-state index >= 15 is 0 Å². The molecular weight excluding hydrogens is 302 g/mol. The molecule has 1 aliphatic rings. The molecule has 0 heterocycles. The van der Waals surface area contributed by atoms with Crippen LogP contribution in [-0.2, 0) is 0 Å². The molecule has 0 aliphatic heterocycles. The molecule has 2 aromatic rings. The van der Waals surface area contributed by atoms with Crippen molar-refractivity contribution in [2.24, 2.45) is 5.41 Å². The molecule has 5 heteroatoms. The number of benzene rings is 2. The predicted molar refractivity (Wildman–Crippen MR) is 88.0 cm³/mol. The van der Waals surface area contributed by atoms with Gasteiger partial charge >= 0.3 is 0 Å². The second-order valence-corrected chi connectivity index (χ2v) is 5.64. The van der Waals surface area contributed by atoms with Gasteiger partial charge in [0.1, 0.15) is 0 Å². The second kappa shape index (κ2) is 5.98. The quantitative estimate of drug-likeness (QED) is 0.639. The van der Waals surface area contributed by atoms with Crippen molar-refractivity contribution in [1.29, 1.82) is 10.5 Å². The maximum Gasteiger partial charge on any atom is 0.258 e. The van der Waals surface area contributed by atoms with E-state index in [0.29, 0.717) is 11.1 Å². The van der Waals surface area contributed by atoms with Gasteiger partial charge in [-0.25, -0.2) is 0 Å². The fourth-order valence-electron chi connectivity index (χ4n) is 3.29. The van der Waals surface area contributed by atoms with Gasteiger partial charge in [0.25, 0.3) is 6.04 Å². The van der Waals surface area contributed by atoms with E-state index in [-0.39, 0.29) is 0 Å². The number of rotatable bonds is 3. The van der Waals surface area contributed by atoms with Crippen LogP contribution in [0.4, 0.5) is 0 Å². The molecule has 0 aromatic heterocycles. The van der Waals surface area contributed by atoms with Crippen LogP contribution in [0, 0.1) is 38.2 Å². The largest absolute Gasteiger partial charge is 0.264 e. The Bertz CT molecular complexity index is 862. The van der Waals surface area contributed by atoms with Gasteiger partial charge in [-0.15, -0.1) is 0 Å². The molecule has 0 spiro atoms. The first-order valence-corrected chi connectivity index (χ1v) is 7.42. The van der Waals surface area contributed by atoms with Crippen LogP contribution in [0.5, 0.6) is 0 Å². The molecule has 0 radical (unpaired) electrons. The molecule has 0 saturated heterocycles. The van der Waals surface area contributed by atoms with Gasteiger partial charge in [-0.05, 0) is 16.7 Å². The van der Waals surface area contributed by atoms with Crippen LogP contribution in [0.25, 0.3) is 5.57 Å². The summed E-state index contributed by atoms with van der Waals surface area (Å²) in [7, 11) is 0. The highest BCUT2D eigenvalue weighted by atomic mass is 16.6. The fourth-order valence-corrected chi connectivity index (χ4v) is 3.29. The topological polar surface area (TPSA) is 90.7 Å². The Morgan fingerprint density at radius 1 is 0.958 bits per heavy atom. The monoisotopic (exact) mass is 315 g/mol. The van der Waals surface area contributed by atoms with Crippen molar-refractivity contribution in [1.82, 2.24) is 0 Å². The molecule has 0 amide bonds. The molecule has 2 atom stereocenters. The third-order valence-electron chi connectivity index (χ3n) is 4.40. The molecule has 0 saturated carbocycles. The minimum atomic E-state index is -1.81. The van der Waals surface area contributed by atoms with E-state index in [2.05, 4.69) is 0 Å². The Labute approximate surface area is 139 Å². The molecule has 0 bridgehead atoms. The van der Waals surface area contributed by atoms with E-state index in [4.69, 9.17) is 0 Å². The molecule has 2 unspecified atom stereocenters. The summed E-state index contributed by atoms with van der Waals surface area (Å²) in [4.78, 5) is 11.3. The first-order valence-electron chi connectivity index (χ1n) is 7.42. The normalized spacial score (nSPS) is 21.3. The molecule has 1 aliphatic carbocycles. The molecular formula is C19H13N3O2. The van der Waals surface area contributed by atoms with Gasteiger partial charge in [-0.2, -0.15) is 10.5 Å². The molecule has 116 valence electrons. The maximum atomic E-state index is 11.8. The van der Waals surface area contributed by atoms with Gasteiger partial charge in [0.05, 0.1) is 18.1 Å². The minimum absolute atomic E-state index is 0.406. The zero-order chi connectivity index (χ0) is 17.2. The van der Waals surface area contributed by atoms with Crippen molar-refractivity contribution in [2.45, 2.75) is 12.0 Å². The first-order chi connectivity index (χ1) is 11.6. The van der Waals surface area contributed by atoms with Gasteiger partial charge in [0.15, 0.2) is 0 Å². The van der Waals surface area contributed by atoms with E-state index in [0.717, 1.165) is 5.56 Å². The highest BCUT2D eigenvalue weighted by molar-refractivity contribution is 5.80. The van der Waals surface area contributed by atoms with Crippen molar-refractivity contribution in [3.05, 3.63) is 88.0 Å². The lowest BCUT2D eigenvalue weighted by atomic mass is 9.75. The minimum Gasteiger partial charge on any atom is -0.264 e. The van der Waals surface area contributed by atoms with Crippen LogP contribution in [0.2, 0.25) is 0 Å². The third kappa shape index (κ3) is 2.24. The van der Waals surface area contributed by atoms with Gasteiger partial charge in [-0.1, -0.05) is 66.7 Å². The second-order valence-electron chi connectivity index (χ2n) is 5.64. The van der Waals surface area contributed by atoms with Crippen LogP contribution in [0.15, 0.2) is 66.7 Å². The summed E-state index contributed by atoms with van der Waals surface area (Å²) in [5.41, 5.74) is -0.0275. The highest BCUT2D eigenvalue weighted by Gasteiger charge is 2.60. The Balaban J connectivity index is 2.24. The molecule has 24 heavy (non-hydrogen) atoms. The van der Waals surface area contributed by atoms with Crippen LogP contribution in [0.1, 0.15) is 17.0 Å². The fraction of sp³-hybridized carbons (Fsp3) is 0.158. The summed E-state index contributed by atoms with van der Waals surface area (Å²) in [5.74, 6) is -0.629. The van der Waals surface area contributed by atoms with Crippen molar-refractivity contribution >= 4 is 5.57 Å². The van der Waals surface area contributed by atoms with Gasteiger partial charge in [0, 0.05) is 4.92 Å². The summed E-state index contributed by atoms with van der Waals surface area (Å²) >= 11 is 0. The van der Waals surface area contributed by atoms with Crippen LogP contribution in [-0.4, -0.2) is 11.0 Å². The summed E-state index contributed by atoms with van der Waals surface area (Å²) in [6.45, 7) is 0. The number of nitriles is 2. The van der Waals surface area contributed by atoms with Crippen molar-refractivity contribution in [3.63, 3.8) is 0 Å². The standard InChI is InChI=1S/C19H13N3O2/c20-12-19(13-21)17(15-9-5-2-6-10-15)11-16(18(19)22(23)24)14-7-3-1-4-8-14/h1-11,16,18H. The van der Waals surface area contributed by atoms with E-state index in [1.165, 1.54) is 0 Å². The third-order valence-corrected chi connectivity index (χ3v) is 4.40. The van der Waals surface area contributed by atoms with Crippen LogP contribution >= 0.6 is 0 Å². The van der Waals surface area contributed by atoms with Gasteiger partial charge in [0.2, 0.25) is 5.41 Å².